The van der Waals surface area contributed by atoms with Gasteiger partial charge in [0.25, 0.3) is 5.56 Å². The normalized spacial score (nSPS) is 17.1. The number of hydrogen-bond acceptors (Lipinski definition) is 7. The van der Waals surface area contributed by atoms with Crippen molar-refractivity contribution in [3.05, 3.63) is 123 Å². The maximum atomic E-state index is 14.6. The highest BCUT2D eigenvalue weighted by atomic mass is 19.1. The van der Waals surface area contributed by atoms with Crippen LogP contribution in [0.1, 0.15) is 56.3 Å². The number of phenols is 1. The van der Waals surface area contributed by atoms with Gasteiger partial charge >= 0.3 is 5.69 Å². The lowest BCUT2D eigenvalue weighted by molar-refractivity contribution is 0.154. The average Bonchev–Trinajstić information content (AvgIpc) is 3.53. The van der Waals surface area contributed by atoms with Gasteiger partial charge in [-0.3, -0.25) is 14.3 Å². The molecule has 264 valence electrons. The van der Waals surface area contributed by atoms with Crippen molar-refractivity contribution in [1.82, 2.24) is 28.4 Å². The number of fused-ring (bicyclic) bond motifs is 2. The maximum Gasteiger partial charge on any atom is 0.337 e. The first-order valence-electron chi connectivity index (χ1n) is 17.3. The van der Waals surface area contributed by atoms with E-state index in [0.717, 1.165) is 60.3 Å². The number of halogens is 2. The first-order valence-corrected chi connectivity index (χ1v) is 17.3. The monoisotopic (exact) mass is 694 g/mol. The minimum atomic E-state index is -0.668. The Labute approximate surface area is 292 Å². The van der Waals surface area contributed by atoms with Crippen molar-refractivity contribution >= 4 is 16.7 Å². The predicted molar refractivity (Wildman–Crippen MR) is 191 cm³/mol. The molecule has 2 N–H and O–H groups in total. The van der Waals surface area contributed by atoms with Gasteiger partial charge in [-0.25, -0.2) is 28.1 Å². The van der Waals surface area contributed by atoms with Crippen molar-refractivity contribution in [2.24, 2.45) is 5.92 Å². The number of aliphatic hydroxyl groups is 1. The molecular formula is C39H40F2N6O4. The highest BCUT2D eigenvalue weighted by Gasteiger charge is 2.27. The summed E-state index contributed by atoms with van der Waals surface area (Å²) in [5.74, 6) is -0.509. The Bertz CT molecular complexity index is 2340. The molecule has 4 aromatic heterocycles. The smallest absolute Gasteiger partial charge is 0.337 e. The van der Waals surface area contributed by atoms with E-state index in [0.29, 0.717) is 36.6 Å². The standard InChI is InChI=1S/C39H40F2N6O4/c1-24(23-48)44(2)20-27-17-33(49)13-14-34(27)26-4-3-5-32(16-26)46-37-35(18-29(41)19-42-37)38(50)47(39(46)51)31-11-7-25(8-12-31)6-10-30-22-45-21-28(40)9-15-36(45)43-30/h3-5,9,13-19,21-22,24-25,31,48-49H,6-8,10-12,20,23H2,1-2H3/t24-,25?,31?/m1/s1. The summed E-state index contributed by atoms with van der Waals surface area (Å²) in [5, 5.41) is 20.0. The summed E-state index contributed by atoms with van der Waals surface area (Å²) in [5.41, 5.74) is 3.44. The zero-order valence-electron chi connectivity index (χ0n) is 28.5. The van der Waals surface area contributed by atoms with Crippen LogP contribution in [0.3, 0.4) is 0 Å². The molecule has 0 radical (unpaired) electrons. The molecule has 1 atom stereocenters. The molecule has 1 saturated carbocycles. The summed E-state index contributed by atoms with van der Waals surface area (Å²) in [4.78, 5) is 39.1. The summed E-state index contributed by atoms with van der Waals surface area (Å²) in [6.45, 7) is 2.34. The number of aromatic nitrogens is 5. The second-order valence-corrected chi connectivity index (χ2v) is 13.7. The van der Waals surface area contributed by atoms with Crippen LogP contribution < -0.4 is 11.2 Å². The van der Waals surface area contributed by atoms with Crippen LogP contribution in [0.25, 0.3) is 33.5 Å². The minimum Gasteiger partial charge on any atom is -0.508 e. The minimum absolute atomic E-state index is 0.0205. The summed E-state index contributed by atoms with van der Waals surface area (Å²) in [6.07, 6.45) is 8.72. The van der Waals surface area contributed by atoms with Crippen LogP contribution in [0.5, 0.6) is 5.75 Å². The van der Waals surface area contributed by atoms with Crippen molar-refractivity contribution in [2.75, 3.05) is 13.7 Å². The third-order valence-electron chi connectivity index (χ3n) is 10.3. The molecule has 1 aliphatic carbocycles. The van der Waals surface area contributed by atoms with Gasteiger partial charge in [0.05, 0.1) is 29.6 Å². The second kappa shape index (κ2) is 14.2. The fourth-order valence-electron chi connectivity index (χ4n) is 7.29. The third kappa shape index (κ3) is 6.93. The first-order chi connectivity index (χ1) is 24.6. The van der Waals surface area contributed by atoms with E-state index in [1.807, 2.05) is 49.3 Å². The van der Waals surface area contributed by atoms with E-state index in [9.17, 15) is 28.6 Å². The van der Waals surface area contributed by atoms with Crippen molar-refractivity contribution in [1.29, 1.82) is 0 Å². The Morgan fingerprint density at radius 1 is 0.980 bits per heavy atom. The van der Waals surface area contributed by atoms with E-state index in [1.165, 1.54) is 21.4 Å². The average molecular weight is 695 g/mol. The number of aliphatic hydroxyl groups excluding tert-OH is 1. The predicted octanol–water partition coefficient (Wildman–Crippen LogP) is 6.02. The van der Waals surface area contributed by atoms with Gasteiger partial charge in [-0.15, -0.1) is 0 Å². The summed E-state index contributed by atoms with van der Waals surface area (Å²) in [7, 11) is 1.89. The molecule has 4 heterocycles. The van der Waals surface area contributed by atoms with Crippen LogP contribution in [0.15, 0.2) is 88.8 Å². The number of aromatic hydroxyl groups is 1. The van der Waals surface area contributed by atoms with Crippen molar-refractivity contribution in [3.63, 3.8) is 0 Å². The Balaban J connectivity index is 1.19. The molecule has 0 amide bonds. The second-order valence-electron chi connectivity index (χ2n) is 13.7. The number of phenolic OH excluding ortho intramolecular Hbond substituents is 1. The van der Waals surface area contributed by atoms with Gasteiger partial charge in [0.1, 0.15) is 23.0 Å². The SMILES string of the molecule is C[C@H](CO)N(C)Cc1cc(O)ccc1-c1cccc(-n2c(=O)n(C3CCC(CCc4cn5cc(F)ccc5n4)CC3)c(=O)c3cc(F)cnc32)c1. The van der Waals surface area contributed by atoms with Gasteiger partial charge in [0.2, 0.25) is 0 Å². The van der Waals surface area contributed by atoms with Crippen LogP contribution in [-0.4, -0.2) is 58.3 Å². The number of pyridine rings is 2. The van der Waals surface area contributed by atoms with Crippen LogP contribution in [0, 0.1) is 17.6 Å². The molecule has 7 rings (SSSR count). The number of aryl methyl sites for hydroxylation is 1. The van der Waals surface area contributed by atoms with Gasteiger partial charge in [-0.2, -0.15) is 0 Å². The van der Waals surface area contributed by atoms with E-state index in [2.05, 4.69) is 9.97 Å². The molecule has 2 aromatic carbocycles. The fraction of sp³-hybridized carbons (Fsp3) is 0.333. The first kappa shape index (κ1) is 34.3. The molecule has 10 nitrogen and oxygen atoms in total. The molecule has 1 aliphatic rings. The Morgan fingerprint density at radius 2 is 1.78 bits per heavy atom. The largest absolute Gasteiger partial charge is 0.508 e. The Kier molecular flexibility index (Phi) is 9.54. The number of benzene rings is 2. The van der Waals surface area contributed by atoms with E-state index in [1.54, 1.807) is 28.7 Å². The summed E-state index contributed by atoms with van der Waals surface area (Å²) < 4.78 is 32.6. The van der Waals surface area contributed by atoms with Crippen LogP contribution in [0.2, 0.25) is 0 Å². The van der Waals surface area contributed by atoms with E-state index >= 15 is 0 Å². The van der Waals surface area contributed by atoms with Gasteiger partial charge in [-0.1, -0.05) is 18.2 Å². The van der Waals surface area contributed by atoms with Gasteiger partial charge in [0.15, 0.2) is 5.65 Å². The quantitative estimate of drug-likeness (QED) is 0.180. The zero-order valence-corrected chi connectivity index (χ0v) is 28.5. The van der Waals surface area contributed by atoms with E-state index < -0.39 is 17.1 Å². The molecular weight excluding hydrogens is 654 g/mol. The molecule has 0 saturated heterocycles. The number of imidazole rings is 1. The topological polar surface area (TPSA) is 118 Å². The molecule has 0 bridgehead atoms. The van der Waals surface area contributed by atoms with Crippen molar-refractivity contribution in [2.45, 2.75) is 64.1 Å². The number of rotatable bonds is 10. The van der Waals surface area contributed by atoms with Crippen LogP contribution in [-0.2, 0) is 13.0 Å². The summed E-state index contributed by atoms with van der Waals surface area (Å²) >= 11 is 0. The fourth-order valence-corrected chi connectivity index (χ4v) is 7.29. The molecule has 51 heavy (non-hydrogen) atoms. The lowest BCUT2D eigenvalue weighted by atomic mass is 9.83. The van der Waals surface area contributed by atoms with Crippen molar-refractivity contribution < 1.29 is 19.0 Å². The Morgan fingerprint density at radius 3 is 2.57 bits per heavy atom. The molecule has 12 heteroatoms. The van der Waals surface area contributed by atoms with Gasteiger partial charge < -0.3 is 14.6 Å². The van der Waals surface area contributed by atoms with E-state index in [-0.39, 0.29) is 41.3 Å². The lowest BCUT2D eigenvalue weighted by Gasteiger charge is -2.30. The lowest BCUT2D eigenvalue weighted by Crippen LogP contribution is -2.43. The molecule has 0 aliphatic heterocycles. The van der Waals surface area contributed by atoms with Crippen LogP contribution >= 0.6 is 0 Å². The molecule has 0 unspecified atom stereocenters. The zero-order chi connectivity index (χ0) is 35.8. The van der Waals surface area contributed by atoms with Gasteiger partial charge in [0, 0.05) is 31.0 Å². The van der Waals surface area contributed by atoms with Crippen LogP contribution in [0.4, 0.5) is 8.78 Å². The number of likely N-dealkylation sites (N-methyl/N-ethyl adjacent to an activating group) is 1. The highest BCUT2D eigenvalue weighted by molar-refractivity contribution is 5.77. The summed E-state index contributed by atoms with van der Waals surface area (Å²) in [6, 6.07) is 16.1. The van der Waals surface area contributed by atoms with Crippen molar-refractivity contribution in [3.8, 4) is 22.6 Å². The number of nitrogens with zero attached hydrogens (tertiary/aromatic N) is 6. The van der Waals surface area contributed by atoms with E-state index in [4.69, 9.17) is 0 Å². The third-order valence-corrected chi connectivity index (χ3v) is 10.3. The highest BCUT2D eigenvalue weighted by Crippen LogP contribution is 2.34. The number of hydrogen-bond donors (Lipinski definition) is 2. The van der Waals surface area contributed by atoms with Gasteiger partial charge in [-0.05, 0) is 118 Å². The molecule has 1 fully saturated rings. The molecule has 6 aromatic rings. The maximum absolute atomic E-state index is 14.6. The molecule has 0 spiro atoms. The Hall–Kier alpha value is -5.20.